The second-order valence-electron chi connectivity index (χ2n) is 6.31. The SMILES string of the molecule is CCn1c2ccccc2c2cc(NC(=O)c3ccn(C)c(=O)c3)ccc21. The van der Waals surface area contributed by atoms with E-state index in [4.69, 9.17) is 0 Å². The van der Waals surface area contributed by atoms with E-state index < -0.39 is 0 Å². The second-order valence-corrected chi connectivity index (χ2v) is 6.31. The number of aryl methyl sites for hydroxylation is 2. The monoisotopic (exact) mass is 345 g/mol. The van der Waals surface area contributed by atoms with Crippen LogP contribution in [-0.4, -0.2) is 15.0 Å². The molecular formula is C21H19N3O2. The highest BCUT2D eigenvalue weighted by Gasteiger charge is 2.12. The molecule has 1 amide bonds. The van der Waals surface area contributed by atoms with Gasteiger partial charge in [-0.25, -0.2) is 0 Å². The first kappa shape index (κ1) is 16.1. The molecule has 2 aromatic carbocycles. The second kappa shape index (κ2) is 6.19. The van der Waals surface area contributed by atoms with Gasteiger partial charge in [0.2, 0.25) is 0 Å². The van der Waals surface area contributed by atoms with Crippen LogP contribution in [0.2, 0.25) is 0 Å². The van der Waals surface area contributed by atoms with E-state index in [1.165, 1.54) is 16.2 Å². The van der Waals surface area contributed by atoms with Gasteiger partial charge in [-0.2, -0.15) is 0 Å². The molecule has 0 saturated carbocycles. The third kappa shape index (κ3) is 2.58. The molecule has 0 spiro atoms. The largest absolute Gasteiger partial charge is 0.341 e. The maximum absolute atomic E-state index is 12.5. The van der Waals surface area contributed by atoms with Crippen LogP contribution in [-0.2, 0) is 13.6 Å². The zero-order valence-electron chi connectivity index (χ0n) is 14.7. The number of rotatable bonds is 3. The summed E-state index contributed by atoms with van der Waals surface area (Å²) in [6, 6.07) is 17.1. The Kier molecular flexibility index (Phi) is 3.84. The quantitative estimate of drug-likeness (QED) is 0.614. The van der Waals surface area contributed by atoms with Gasteiger partial charge in [-0.15, -0.1) is 0 Å². The number of hydrogen-bond acceptors (Lipinski definition) is 2. The third-order valence-electron chi connectivity index (χ3n) is 4.71. The zero-order valence-corrected chi connectivity index (χ0v) is 14.7. The van der Waals surface area contributed by atoms with Crippen LogP contribution in [0.1, 0.15) is 17.3 Å². The number of nitrogens with one attached hydrogen (secondary N) is 1. The molecule has 26 heavy (non-hydrogen) atoms. The molecular weight excluding hydrogens is 326 g/mol. The minimum Gasteiger partial charge on any atom is -0.341 e. The highest BCUT2D eigenvalue weighted by atomic mass is 16.2. The molecule has 0 unspecified atom stereocenters. The van der Waals surface area contributed by atoms with Crippen LogP contribution in [0.15, 0.2) is 65.6 Å². The molecule has 0 saturated heterocycles. The Bertz CT molecular complexity index is 1200. The van der Waals surface area contributed by atoms with Crippen LogP contribution in [0.4, 0.5) is 5.69 Å². The molecule has 1 N–H and O–H groups in total. The number of fused-ring (bicyclic) bond motifs is 3. The zero-order chi connectivity index (χ0) is 18.3. The number of aromatic nitrogens is 2. The summed E-state index contributed by atoms with van der Waals surface area (Å²) in [6.45, 7) is 3.00. The summed E-state index contributed by atoms with van der Waals surface area (Å²) in [6.07, 6.45) is 1.59. The molecule has 5 nitrogen and oxygen atoms in total. The van der Waals surface area contributed by atoms with Gasteiger partial charge < -0.3 is 14.5 Å². The van der Waals surface area contributed by atoms with Gasteiger partial charge in [-0.05, 0) is 37.3 Å². The minimum atomic E-state index is -0.290. The number of anilines is 1. The van der Waals surface area contributed by atoms with Crippen molar-refractivity contribution in [2.75, 3.05) is 5.32 Å². The van der Waals surface area contributed by atoms with Gasteiger partial charge in [0.15, 0.2) is 0 Å². The summed E-state index contributed by atoms with van der Waals surface area (Å²) in [5.74, 6) is -0.290. The van der Waals surface area contributed by atoms with Gasteiger partial charge in [0.25, 0.3) is 11.5 Å². The van der Waals surface area contributed by atoms with Crippen molar-refractivity contribution >= 4 is 33.4 Å². The van der Waals surface area contributed by atoms with E-state index in [0.717, 1.165) is 22.8 Å². The van der Waals surface area contributed by atoms with E-state index in [0.29, 0.717) is 11.3 Å². The Labute approximate surface area is 150 Å². The van der Waals surface area contributed by atoms with E-state index in [1.807, 2.05) is 30.3 Å². The fourth-order valence-corrected chi connectivity index (χ4v) is 3.37. The van der Waals surface area contributed by atoms with Crippen molar-refractivity contribution in [2.24, 2.45) is 7.05 Å². The predicted molar refractivity (Wildman–Crippen MR) is 105 cm³/mol. The number of benzene rings is 2. The van der Waals surface area contributed by atoms with E-state index in [2.05, 4.69) is 28.9 Å². The van der Waals surface area contributed by atoms with Crippen LogP contribution in [0.25, 0.3) is 21.8 Å². The van der Waals surface area contributed by atoms with Crippen molar-refractivity contribution < 1.29 is 4.79 Å². The number of hydrogen-bond donors (Lipinski definition) is 1. The highest BCUT2D eigenvalue weighted by molar-refractivity contribution is 6.11. The summed E-state index contributed by atoms with van der Waals surface area (Å²) in [7, 11) is 1.65. The molecule has 0 atom stereocenters. The van der Waals surface area contributed by atoms with E-state index in [9.17, 15) is 9.59 Å². The lowest BCUT2D eigenvalue weighted by atomic mass is 10.1. The topological polar surface area (TPSA) is 56.0 Å². The number of para-hydroxylation sites is 1. The highest BCUT2D eigenvalue weighted by Crippen LogP contribution is 2.31. The smallest absolute Gasteiger partial charge is 0.255 e. The van der Waals surface area contributed by atoms with Crippen molar-refractivity contribution in [3.05, 3.63) is 76.7 Å². The summed E-state index contributed by atoms with van der Waals surface area (Å²) in [5.41, 5.74) is 3.17. The number of carbonyl (C=O) groups excluding carboxylic acids is 1. The Hall–Kier alpha value is -3.34. The van der Waals surface area contributed by atoms with Gasteiger partial charge in [0, 0.05) is 58.9 Å². The number of nitrogens with zero attached hydrogens (tertiary/aromatic N) is 2. The van der Waals surface area contributed by atoms with Crippen molar-refractivity contribution in [2.45, 2.75) is 13.5 Å². The van der Waals surface area contributed by atoms with Crippen molar-refractivity contribution in [1.82, 2.24) is 9.13 Å². The molecule has 4 rings (SSSR count). The van der Waals surface area contributed by atoms with Crippen LogP contribution < -0.4 is 10.9 Å². The van der Waals surface area contributed by atoms with Crippen LogP contribution >= 0.6 is 0 Å². The van der Waals surface area contributed by atoms with Gasteiger partial charge in [-0.1, -0.05) is 18.2 Å². The van der Waals surface area contributed by atoms with Crippen LogP contribution in [0.3, 0.4) is 0 Å². The molecule has 0 aliphatic carbocycles. The van der Waals surface area contributed by atoms with E-state index in [1.54, 1.807) is 19.3 Å². The lowest BCUT2D eigenvalue weighted by Crippen LogP contribution is -2.19. The summed E-state index contributed by atoms with van der Waals surface area (Å²) < 4.78 is 3.69. The molecule has 2 aromatic heterocycles. The standard InChI is InChI=1S/C21H19N3O2/c1-3-24-18-7-5-4-6-16(18)17-13-15(8-9-19(17)24)22-21(26)14-10-11-23(2)20(25)12-14/h4-13H,3H2,1-2H3,(H,22,26). The Morgan fingerprint density at radius 3 is 2.54 bits per heavy atom. The van der Waals surface area contributed by atoms with Gasteiger partial charge in [-0.3, -0.25) is 9.59 Å². The van der Waals surface area contributed by atoms with E-state index in [-0.39, 0.29) is 11.5 Å². The molecule has 0 aliphatic heterocycles. The van der Waals surface area contributed by atoms with Crippen molar-refractivity contribution in [3.8, 4) is 0 Å². The summed E-state index contributed by atoms with van der Waals surface area (Å²) in [5, 5.41) is 5.15. The Morgan fingerprint density at radius 1 is 1.00 bits per heavy atom. The summed E-state index contributed by atoms with van der Waals surface area (Å²) in [4.78, 5) is 24.2. The van der Waals surface area contributed by atoms with Gasteiger partial charge in [0.05, 0.1) is 0 Å². The van der Waals surface area contributed by atoms with Crippen molar-refractivity contribution in [3.63, 3.8) is 0 Å². The first-order valence-electron chi connectivity index (χ1n) is 8.57. The molecule has 4 aromatic rings. The molecule has 5 heteroatoms. The maximum atomic E-state index is 12.5. The van der Waals surface area contributed by atoms with Gasteiger partial charge in [0.1, 0.15) is 0 Å². The number of carbonyl (C=O) groups is 1. The van der Waals surface area contributed by atoms with E-state index >= 15 is 0 Å². The molecule has 0 aliphatic rings. The first-order chi connectivity index (χ1) is 12.6. The Morgan fingerprint density at radius 2 is 1.77 bits per heavy atom. The van der Waals surface area contributed by atoms with Crippen LogP contribution in [0.5, 0.6) is 0 Å². The fourth-order valence-electron chi connectivity index (χ4n) is 3.37. The number of amides is 1. The number of pyridine rings is 1. The molecule has 0 fully saturated rings. The molecule has 130 valence electrons. The molecule has 0 bridgehead atoms. The summed E-state index contributed by atoms with van der Waals surface area (Å²) >= 11 is 0. The minimum absolute atomic E-state index is 0.209. The fraction of sp³-hybridized carbons (Fsp3) is 0.143. The molecule has 2 heterocycles. The lowest BCUT2D eigenvalue weighted by molar-refractivity contribution is 0.102. The Balaban J connectivity index is 1.75. The third-order valence-corrected chi connectivity index (χ3v) is 4.71. The predicted octanol–water partition coefficient (Wildman–Crippen LogP) is 3.77. The lowest BCUT2D eigenvalue weighted by Gasteiger charge is -2.07. The normalized spacial score (nSPS) is 11.2. The van der Waals surface area contributed by atoms with Crippen LogP contribution in [0, 0.1) is 0 Å². The van der Waals surface area contributed by atoms with Gasteiger partial charge >= 0.3 is 0 Å². The average Bonchev–Trinajstić information content (AvgIpc) is 2.97. The maximum Gasteiger partial charge on any atom is 0.255 e. The average molecular weight is 345 g/mol. The van der Waals surface area contributed by atoms with Crippen molar-refractivity contribution in [1.29, 1.82) is 0 Å². The molecule has 0 radical (unpaired) electrons. The first-order valence-corrected chi connectivity index (χ1v) is 8.57.